The van der Waals surface area contributed by atoms with E-state index in [0.717, 1.165) is 0 Å². The second-order valence-electron chi connectivity index (χ2n) is 7.46. The number of hydrogen-bond donors (Lipinski definition) is 2. The predicted octanol–water partition coefficient (Wildman–Crippen LogP) is 4.14. The summed E-state index contributed by atoms with van der Waals surface area (Å²) in [4.78, 5) is 15.5. The third kappa shape index (κ3) is 3.29. The van der Waals surface area contributed by atoms with Gasteiger partial charge in [0.1, 0.15) is 17.7 Å². The van der Waals surface area contributed by atoms with Gasteiger partial charge in [0.15, 0.2) is 0 Å². The number of amides is 1. The smallest absolute Gasteiger partial charge is 0.430 e. The van der Waals surface area contributed by atoms with Crippen molar-refractivity contribution in [2.24, 2.45) is 0 Å². The zero-order valence-corrected chi connectivity index (χ0v) is 16.0. The van der Waals surface area contributed by atoms with E-state index >= 15 is 0 Å². The lowest BCUT2D eigenvalue weighted by Crippen LogP contribution is -2.39. The maximum Gasteiger partial charge on any atom is 0.430 e. The van der Waals surface area contributed by atoms with E-state index in [2.05, 4.69) is 25.5 Å². The largest absolute Gasteiger partial charge is 0.431 e. The van der Waals surface area contributed by atoms with Crippen molar-refractivity contribution in [2.45, 2.75) is 30.9 Å². The molecule has 3 aromatic rings. The van der Waals surface area contributed by atoms with Crippen molar-refractivity contribution < 1.29 is 27.1 Å². The lowest BCUT2D eigenvalue weighted by molar-refractivity contribution is -0.206. The van der Waals surface area contributed by atoms with E-state index in [4.69, 9.17) is 0 Å². The quantitative estimate of drug-likeness (QED) is 0.592. The Hall–Kier alpha value is -3.21. The van der Waals surface area contributed by atoms with Crippen molar-refractivity contribution in [3.05, 3.63) is 42.1 Å². The van der Waals surface area contributed by atoms with Crippen molar-refractivity contribution >= 4 is 22.8 Å². The Balaban J connectivity index is 1.73. The Morgan fingerprint density at radius 2 is 2.00 bits per heavy atom. The minimum absolute atomic E-state index is 0.117. The van der Waals surface area contributed by atoms with Crippen LogP contribution in [0, 0.1) is 0 Å². The van der Waals surface area contributed by atoms with Gasteiger partial charge >= 0.3 is 12.3 Å². The third-order valence-electron chi connectivity index (χ3n) is 5.55. The van der Waals surface area contributed by atoms with Gasteiger partial charge in [-0.1, -0.05) is 18.2 Å². The predicted molar refractivity (Wildman–Crippen MR) is 103 cm³/mol. The molecule has 5 rings (SSSR count). The second kappa shape index (κ2) is 7.19. The summed E-state index contributed by atoms with van der Waals surface area (Å²) >= 11 is 0. The summed E-state index contributed by atoms with van der Waals surface area (Å²) in [6.45, 7) is 0.782. The number of nitrogens with one attached hydrogen (secondary N) is 2. The topological polar surface area (TPSA) is 81.1 Å². The first kappa shape index (κ1) is 19.7. The number of piperidine rings is 1. The highest BCUT2D eigenvalue weighted by Gasteiger charge is 2.49. The van der Waals surface area contributed by atoms with Crippen molar-refractivity contribution in [1.82, 2.24) is 20.1 Å². The zero-order chi connectivity index (χ0) is 21.8. The van der Waals surface area contributed by atoms with Gasteiger partial charge in [0.25, 0.3) is 0 Å². The number of para-hydroxylation sites is 1. The van der Waals surface area contributed by atoms with Gasteiger partial charge in [-0.05, 0) is 25.1 Å². The summed E-state index contributed by atoms with van der Waals surface area (Å²) in [5.74, 6) is -0.236. The van der Waals surface area contributed by atoms with Crippen LogP contribution < -0.4 is 10.6 Å². The number of halogens is 4. The number of carbonyl (C=O) groups excluding carboxylic acids is 1. The summed E-state index contributed by atoms with van der Waals surface area (Å²) in [6.07, 6.45) is -7.97. The van der Waals surface area contributed by atoms with Crippen LogP contribution >= 0.6 is 0 Å². The van der Waals surface area contributed by atoms with Crippen LogP contribution in [0.4, 0.5) is 28.2 Å². The van der Waals surface area contributed by atoms with Gasteiger partial charge in [0.05, 0.1) is 17.1 Å². The normalized spacial score (nSPS) is 23.9. The standard InChI is InChI=1S/C20H17F4N5O2/c21-12-9-25-7-6-14(12)29-13-4-2-1-3-10(13)16(28-29)11-5-8-26-18-15(11)17(20(22,23)24)31-19(30)27-18/h1-5,8,12,14,17,25H,6-7,9H2,(H,26,27,30)/t12-,14-,17+/m0/s1. The zero-order valence-electron chi connectivity index (χ0n) is 16.0. The molecule has 0 saturated carbocycles. The number of ether oxygens (including phenoxy) is 1. The molecule has 7 nitrogen and oxygen atoms in total. The maximum absolute atomic E-state index is 14.7. The summed E-state index contributed by atoms with van der Waals surface area (Å²) in [7, 11) is 0. The molecule has 0 radical (unpaired) electrons. The second-order valence-corrected chi connectivity index (χ2v) is 7.46. The van der Waals surface area contributed by atoms with Crippen molar-refractivity contribution in [2.75, 3.05) is 18.4 Å². The first-order valence-corrected chi connectivity index (χ1v) is 9.70. The van der Waals surface area contributed by atoms with Gasteiger partial charge in [-0.3, -0.25) is 10.00 Å². The minimum atomic E-state index is -4.85. The van der Waals surface area contributed by atoms with Crippen molar-refractivity contribution in [3.63, 3.8) is 0 Å². The lowest BCUT2D eigenvalue weighted by atomic mass is 9.97. The van der Waals surface area contributed by atoms with E-state index in [-0.39, 0.29) is 29.2 Å². The van der Waals surface area contributed by atoms with Crippen LogP contribution in [0.3, 0.4) is 0 Å². The molecule has 2 aliphatic rings. The number of cyclic esters (lactones) is 1. The Labute approximate surface area is 173 Å². The molecule has 4 heterocycles. The Morgan fingerprint density at radius 3 is 2.77 bits per heavy atom. The molecule has 2 aliphatic heterocycles. The molecule has 31 heavy (non-hydrogen) atoms. The van der Waals surface area contributed by atoms with Crippen LogP contribution in [-0.2, 0) is 4.74 Å². The Kier molecular flexibility index (Phi) is 4.58. The van der Waals surface area contributed by atoms with Crippen molar-refractivity contribution in [3.8, 4) is 11.3 Å². The van der Waals surface area contributed by atoms with Crippen molar-refractivity contribution in [1.29, 1.82) is 0 Å². The van der Waals surface area contributed by atoms with E-state index in [0.29, 0.717) is 23.9 Å². The minimum Gasteiger partial charge on any atom is -0.431 e. The molecule has 2 aromatic heterocycles. The number of benzene rings is 1. The molecule has 1 saturated heterocycles. The highest BCUT2D eigenvalue weighted by atomic mass is 19.4. The first-order valence-electron chi connectivity index (χ1n) is 9.70. The molecule has 2 N–H and O–H groups in total. The fourth-order valence-electron chi connectivity index (χ4n) is 4.19. The number of hydrogen-bond acceptors (Lipinski definition) is 5. The molecule has 1 fully saturated rings. The lowest BCUT2D eigenvalue weighted by Gasteiger charge is -2.28. The molecular formula is C20H17F4N5O2. The molecule has 11 heteroatoms. The van der Waals surface area contributed by atoms with Gasteiger partial charge < -0.3 is 10.1 Å². The van der Waals surface area contributed by atoms with E-state index in [1.165, 1.54) is 12.3 Å². The van der Waals surface area contributed by atoms with Crippen LogP contribution in [0.5, 0.6) is 0 Å². The van der Waals surface area contributed by atoms with E-state index in [9.17, 15) is 22.4 Å². The summed E-state index contributed by atoms with van der Waals surface area (Å²) in [5.41, 5.74) is 0.648. The maximum atomic E-state index is 14.7. The number of aromatic nitrogens is 3. The highest BCUT2D eigenvalue weighted by molar-refractivity contribution is 5.97. The number of rotatable bonds is 2. The summed E-state index contributed by atoms with van der Waals surface area (Å²) < 4.78 is 62.0. The molecule has 0 bridgehead atoms. The molecule has 162 valence electrons. The molecule has 1 amide bonds. The molecule has 1 aromatic carbocycles. The third-order valence-corrected chi connectivity index (χ3v) is 5.55. The number of fused-ring (bicyclic) bond motifs is 2. The first-order chi connectivity index (χ1) is 14.8. The molecule has 3 atom stereocenters. The van der Waals surface area contributed by atoms with Crippen LogP contribution in [0.1, 0.15) is 24.1 Å². The highest BCUT2D eigenvalue weighted by Crippen LogP contribution is 2.46. The van der Waals surface area contributed by atoms with Gasteiger partial charge in [-0.15, -0.1) is 0 Å². The number of pyridine rings is 1. The molecule has 0 aliphatic carbocycles. The Morgan fingerprint density at radius 1 is 1.19 bits per heavy atom. The van der Waals surface area contributed by atoms with Crippen LogP contribution in [0.2, 0.25) is 0 Å². The van der Waals surface area contributed by atoms with Crippen LogP contribution in [-0.4, -0.2) is 46.3 Å². The summed E-state index contributed by atoms with van der Waals surface area (Å²) in [6, 6.07) is 7.83. The molecular weight excluding hydrogens is 418 g/mol. The average molecular weight is 435 g/mol. The van der Waals surface area contributed by atoms with E-state index < -0.39 is 30.6 Å². The monoisotopic (exact) mass is 435 g/mol. The summed E-state index contributed by atoms with van der Waals surface area (Å²) in [5, 5.41) is 10.3. The number of alkyl halides is 4. The van der Waals surface area contributed by atoms with Crippen LogP contribution in [0.25, 0.3) is 22.2 Å². The number of anilines is 1. The van der Waals surface area contributed by atoms with Gasteiger partial charge in [0.2, 0.25) is 6.10 Å². The number of carbonyl (C=O) groups is 1. The number of nitrogens with zero attached hydrogens (tertiary/aromatic N) is 3. The van der Waals surface area contributed by atoms with E-state index in [1.54, 1.807) is 28.9 Å². The Bertz CT molecular complexity index is 1160. The van der Waals surface area contributed by atoms with Gasteiger partial charge in [-0.25, -0.2) is 14.2 Å². The average Bonchev–Trinajstić information content (AvgIpc) is 3.11. The fourth-order valence-corrected chi connectivity index (χ4v) is 4.19. The van der Waals surface area contributed by atoms with E-state index in [1.807, 2.05) is 0 Å². The molecule has 0 spiro atoms. The fraction of sp³-hybridized carbons (Fsp3) is 0.350. The van der Waals surface area contributed by atoms with Gasteiger partial charge in [-0.2, -0.15) is 18.3 Å². The van der Waals surface area contributed by atoms with Crippen LogP contribution in [0.15, 0.2) is 36.5 Å². The SMILES string of the molecule is O=C1Nc2nccc(-c3nn([C@H]4CCNC[C@@H]4F)c4ccccc34)c2[C@H](C(F)(F)F)O1. The molecule has 0 unspecified atom stereocenters. The van der Waals surface area contributed by atoms with Gasteiger partial charge in [0, 0.05) is 23.7 Å².